The molecule has 3 unspecified atom stereocenters. The minimum absolute atomic E-state index is 0.00606. The summed E-state index contributed by atoms with van der Waals surface area (Å²) in [6.07, 6.45) is 2.79. The Morgan fingerprint density at radius 2 is 1.73 bits per heavy atom. The lowest BCUT2D eigenvalue weighted by Gasteiger charge is -2.40. The van der Waals surface area contributed by atoms with Gasteiger partial charge in [-0.15, -0.1) is 0 Å². The molecule has 0 heterocycles. The van der Waals surface area contributed by atoms with E-state index in [9.17, 15) is 13.5 Å². The van der Waals surface area contributed by atoms with Gasteiger partial charge in [-0.3, -0.25) is 0 Å². The highest BCUT2D eigenvalue weighted by Gasteiger charge is 2.41. The molecule has 0 aromatic carbocycles. The van der Waals surface area contributed by atoms with E-state index in [1.165, 1.54) is 6.26 Å². The standard InChI is InChI=1S/C11H22O3S/c1-11(2,3)9-6-5-8(12)7-10(9)15(4,13)14/h8-10,12H,5-7H2,1-4H3. The zero-order valence-electron chi connectivity index (χ0n) is 10.0. The maximum atomic E-state index is 11.7. The molecule has 15 heavy (non-hydrogen) atoms. The zero-order valence-corrected chi connectivity index (χ0v) is 10.8. The van der Waals surface area contributed by atoms with Gasteiger partial charge in [0.25, 0.3) is 0 Å². The molecular formula is C11H22O3S. The van der Waals surface area contributed by atoms with Crippen LogP contribution < -0.4 is 0 Å². The van der Waals surface area contributed by atoms with Crippen LogP contribution in [0.4, 0.5) is 0 Å². The van der Waals surface area contributed by atoms with Crippen LogP contribution in [0.2, 0.25) is 0 Å². The molecule has 0 aromatic heterocycles. The van der Waals surface area contributed by atoms with Crippen LogP contribution in [0.5, 0.6) is 0 Å². The van der Waals surface area contributed by atoms with Crippen LogP contribution in [0, 0.1) is 11.3 Å². The van der Waals surface area contributed by atoms with Gasteiger partial charge in [-0.05, 0) is 30.6 Å². The third kappa shape index (κ3) is 3.18. The Hall–Kier alpha value is -0.0900. The molecule has 3 atom stereocenters. The first-order valence-electron chi connectivity index (χ1n) is 5.49. The highest BCUT2D eigenvalue weighted by atomic mass is 32.2. The van der Waals surface area contributed by atoms with E-state index in [1.807, 2.05) is 0 Å². The van der Waals surface area contributed by atoms with Crippen LogP contribution in [0.3, 0.4) is 0 Å². The predicted octanol–water partition coefficient (Wildman–Crippen LogP) is 1.61. The number of hydrogen-bond donors (Lipinski definition) is 1. The first-order valence-corrected chi connectivity index (χ1v) is 7.45. The summed E-state index contributed by atoms with van der Waals surface area (Å²) in [7, 11) is -3.05. The number of hydrogen-bond acceptors (Lipinski definition) is 3. The largest absolute Gasteiger partial charge is 0.393 e. The fourth-order valence-corrected chi connectivity index (χ4v) is 4.28. The fraction of sp³-hybridized carbons (Fsp3) is 1.00. The summed E-state index contributed by atoms with van der Waals surface area (Å²) in [5.41, 5.74) is -0.00606. The van der Waals surface area contributed by atoms with Crippen molar-refractivity contribution in [2.24, 2.45) is 11.3 Å². The predicted molar refractivity (Wildman–Crippen MR) is 61.4 cm³/mol. The van der Waals surface area contributed by atoms with Gasteiger partial charge in [-0.2, -0.15) is 0 Å². The Balaban J connectivity index is 2.96. The van der Waals surface area contributed by atoms with Gasteiger partial charge in [-0.1, -0.05) is 20.8 Å². The van der Waals surface area contributed by atoms with Crippen molar-refractivity contribution in [2.75, 3.05) is 6.26 Å². The summed E-state index contributed by atoms with van der Waals surface area (Å²) >= 11 is 0. The van der Waals surface area contributed by atoms with Gasteiger partial charge in [0.05, 0.1) is 11.4 Å². The monoisotopic (exact) mass is 234 g/mol. The van der Waals surface area contributed by atoms with Crippen LogP contribution in [-0.2, 0) is 9.84 Å². The Labute approximate surface area is 92.8 Å². The normalized spacial score (nSPS) is 34.1. The Kier molecular flexibility index (Phi) is 3.51. The highest BCUT2D eigenvalue weighted by Crippen LogP contribution is 2.40. The summed E-state index contributed by atoms with van der Waals surface area (Å²) < 4.78 is 23.4. The molecule has 1 N–H and O–H groups in total. The molecule has 0 amide bonds. The quantitative estimate of drug-likeness (QED) is 0.750. The average molecular weight is 234 g/mol. The van der Waals surface area contributed by atoms with Crippen LogP contribution in [0.15, 0.2) is 0 Å². The van der Waals surface area contributed by atoms with E-state index < -0.39 is 15.9 Å². The molecule has 1 aliphatic carbocycles. The van der Waals surface area contributed by atoms with Crippen molar-refractivity contribution in [3.8, 4) is 0 Å². The van der Waals surface area contributed by atoms with Crippen LogP contribution >= 0.6 is 0 Å². The Morgan fingerprint density at radius 3 is 2.13 bits per heavy atom. The van der Waals surface area contributed by atoms with E-state index in [-0.39, 0.29) is 16.6 Å². The molecule has 1 rings (SSSR count). The Bertz CT molecular complexity index is 313. The third-order valence-electron chi connectivity index (χ3n) is 3.43. The second-order valence-corrected chi connectivity index (χ2v) is 8.07. The molecule has 0 saturated heterocycles. The topological polar surface area (TPSA) is 54.4 Å². The zero-order chi connectivity index (χ0) is 11.9. The van der Waals surface area contributed by atoms with Crippen molar-refractivity contribution in [1.29, 1.82) is 0 Å². The molecule has 1 fully saturated rings. The van der Waals surface area contributed by atoms with E-state index in [0.717, 1.165) is 12.8 Å². The van der Waals surface area contributed by atoms with Crippen molar-refractivity contribution in [3.63, 3.8) is 0 Å². The molecule has 4 heteroatoms. The summed E-state index contributed by atoms with van der Waals surface area (Å²) in [6.45, 7) is 6.23. The summed E-state index contributed by atoms with van der Waals surface area (Å²) in [4.78, 5) is 0. The van der Waals surface area contributed by atoms with Gasteiger partial charge in [0, 0.05) is 6.26 Å². The number of aliphatic hydroxyl groups is 1. The second-order valence-electron chi connectivity index (χ2n) is 5.81. The second kappa shape index (κ2) is 4.06. The first kappa shape index (κ1) is 13.0. The van der Waals surface area contributed by atoms with Crippen molar-refractivity contribution < 1.29 is 13.5 Å². The lowest BCUT2D eigenvalue weighted by Crippen LogP contribution is -2.43. The summed E-state index contributed by atoms with van der Waals surface area (Å²) in [5.74, 6) is 0.163. The minimum Gasteiger partial charge on any atom is -0.393 e. The van der Waals surface area contributed by atoms with E-state index in [4.69, 9.17) is 0 Å². The maximum absolute atomic E-state index is 11.7. The molecule has 0 aliphatic heterocycles. The van der Waals surface area contributed by atoms with E-state index in [2.05, 4.69) is 20.8 Å². The van der Waals surface area contributed by atoms with Gasteiger partial charge in [0.2, 0.25) is 0 Å². The molecule has 90 valence electrons. The minimum atomic E-state index is -3.05. The molecule has 0 spiro atoms. The van der Waals surface area contributed by atoms with E-state index >= 15 is 0 Å². The van der Waals surface area contributed by atoms with Crippen LogP contribution in [-0.4, -0.2) is 31.1 Å². The smallest absolute Gasteiger partial charge is 0.150 e. The summed E-state index contributed by atoms with van der Waals surface area (Å²) in [5, 5.41) is 9.19. The average Bonchev–Trinajstić information content (AvgIpc) is 2.00. The van der Waals surface area contributed by atoms with Gasteiger partial charge in [0.1, 0.15) is 0 Å². The Morgan fingerprint density at radius 1 is 1.20 bits per heavy atom. The summed E-state index contributed by atoms with van der Waals surface area (Å²) in [6, 6.07) is 0. The van der Waals surface area contributed by atoms with Crippen molar-refractivity contribution in [1.82, 2.24) is 0 Å². The van der Waals surface area contributed by atoms with Crippen LogP contribution in [0.1, 0.15) is 40.0 Å². The van der Waals surface area contributed by atoms with E-state index in [0.29, 0.717) is 6.42 Å². The van der Waals surface area contributed by atoms with Gasteiger partial charge >= 0.3 is 0 Å². The fourth-order valence-electron chi connectivity index (χ4n) is 2.57. The van der Waals surface area contributed by atoms with Crippen molar-refractivity contribution in [3.05, 3.63) is 0 Å². The third-order valence-corrected chi connectivity index (χ3v) is 5.05. The molecule has 1 saturated carbocycles. The molecule has 0 radical (unpaired) electrons. The van der Waals surface area contributed by atoms with Crippen molar-refractivity contribution >= 4 is 9.84 Å². The lowest BCUT2D eigenvalue weighted by molar-refractivity contribution is 0.0753. The molecule has 3 nitrogen and oxygen atoms in total. The first-order chi connectivity index (χ1) is 6.62. The molecule has 1 aliphatic rings. The number of aliphatic hydroxyl groups excluding tert-OH is 1. The highest BCUT2D eigenvalue weighted by molar-refractivity contribution is 7.91. The van der Waals surface area contributed by atoms with Gasteiger partial charge < -0.3 is 5.11 Å². The molecular weight excluding hydrogens is 212 g/mol. The molecule has 0 aromatic rings. The van der Waals surface area contributed by atoms with Gasteiger partial charge in [-0.25, -0.2) is 8.42 Å². The van der Waals surface area contributed by atoms with E-state index in [1.54, 1.807) is 0 Å². The SMILES string of the molecule is CC(C)(C)C1CCC(O)CC1S(C)(=O)=O. The van der Waals surface area contributed by atoms with Gasteiger partial charge in [0.15, 0.2) is 9.84 Å². The molecule has 0 bridgehead atoms. The lowest BCUT2D eigenvalue weighted by atomic mass is 9.71. The number of sulfone groups is 1. The maximum Gasteiger partial charge on any atom is 0.150 e. The number of rotatable bonds is 1. The van der Waals surface area contributed by atoms with Crippen LogP contribution in [0.25, 0.3) is 0 Å². The van der Waals surface area contributed by atoms with Crippen molar-refractivity contribution in [2.45, 2.75) is 51.4 Å².